The molecule has 2 aromatic rings. The summed E-state index contributed by atoms with van der Waals surface area (Å²) < 4.78 is 13.0. The van der Waals surface area contributed by atoms with Gasteiger partial charge in [0.05, 0.1) is 25.5 Å². The number of nitrogens with zero attached hydrogens (tertiary/aromatic N) is 2. The Morgan fingerprint density at radius 1 is 1.37 bits per heavy atom. The maximum atomic E-state index is 12.4. The van der Waals surface area contributed by atoms with Crippen molar-refractivity contribution in [3.8, 4) is 6.07 Å². The number of aryl methyl sites for hydroxylation is 1. The van der Waals surface area contributed by atoms with Crippen LogP contribution in [0.5, 0.6) is 0 Å². The van der Waals surface area contributed by atoms with Gasteiger partial charge in [0, 0.05) is 24.5 Å². The Labute approximate surface area is 175 Å². The van der Waals surface area contributed by atoms with Gasteiger partial charge in [-0.25, -0.2) is 0 Å². The molecule has 2 aromatic heterocycles. The van der Waals surface area contributed by atoms with Crippen LogP contribution in [-0.2, 0) is 27.4 Å². The molecule has 0 radical (unpaired) electrons. The summed E-state index contributed by atoms with van der Waals surface area (Å²) >= 11 is 0. The molecule has 30 heavy (non-hydrogen) atoms. The lowest BCUT2D eigenvalue weighted by Gasteiger charge is -2.14. The van der Waals surface area contributed by atoms with E-state index >= 15 is 0 Å². The van der Waals surface area contributed by atoms with Crippen LogP contribution in [0.15, 0.2) is 34.5 Å². The van der Waals surface area contributed by atoms with Crippen LogP contribution in [0.2, 0.25) is 0 Å². The average Bonchev–Trinajstić information content (AvgIpc) is 3.48. The highest BCUT2D eigenvalue weighted by Crippen LogP contribution is 2.22. The van der Waals surface area contributed by atoms with Gasteiger partial charge in [0.2, 0.25) is 5.91 Å². The summed E-state index contributed by atoms with van der Waals surface area (Å²) in [5, 5.41) is 14.5. The van der Waals surface area contributed by atoms with E-state index in [-0.39, 0.29) is 30.7 Å². The second kappa shape index (κ2) is 9.94. The second-order valence-electron chi connectivity index (χ2n) is 7.28. The SMILES string of the molecule is Cc1cc(/C=C(\C#N)C(=O)NCC(=O)NCc2ccco2)c(C)n1CC1CCCO1. The van der Waals surface area contributed by atoms with Gasteiger partial charge in [0.25, 0.3) is 5.91 Å². The molecule has 2 amide bonds. The molecule has 0 aromatic carbocycles. The lowest BCUT2D eigenvalue weighted by molar-refractivity contribution is -0.124. The summed E-state index contributed by atoms with van der Waals surface area (Å²) in [6.07, 6.45) is 5.39. The van der Waals surface area contributed by atoms with Gasteiger partial charge in [-0.05, 0) is 56.5 Å². The molecule has 1 unspecified atom stereocenters. The zero-order valence-electron chi connectivity index (χ0n) is 17.2. The molecule has 3 heterocycles. The molecular formula is C22H26N4O4. The van der Waals surface area contributed by atoms with Crippen molar-refractivity contribution in [1.29, 1.82) is 5.26 Å². The first-order valence-corrected chi connectivity index (χ1v) is 9.95. The fourth-order valence-corrected chi connectivity index (χ4v) is 3.47. The monoisotopic (exact) mass is 410 g/mol. The number of rotatable bonds is 8. The van der Waals surface area contributed by atoms with Gasteiger partial charge >= 0.3 is 0 Å². The van der Waals surface area contributed by atoms with E-state index in [0.717, 1.165) is 42.9 Å². The van der Waals surface area contributed by atoms with Crippen molar-refractivity contribution >= 4 is 17.9 Å². The van der Waals surface area contributed by atoms with E-state index in [4.69, 9.17) is 9.15 Å². The Bertz CT molecular complexity index is 960. The molecule has 0 saturated carbocycles. The van der Waals surface area contributed by atoms with Gasteiger partial charge in [0.15, 0.2) is 0 Å². The van der Waals surface area contributed by atoms with Crippen molar-refractivity contribution < 1.29 is 18.7 Å². The quantitative estimate of drug-likeness (QED) is 0.512. The normalized spacial score (nSPS) is 16.3. The predicted octanol–water partition coefficient (Wildman–Crippen LogP) is 2.22. The molecule has 8 heteroatoms. The first-order valence-electron chi connectivity index (χ1n) is 9.95. The van der Waals surface area contributed by atoms with E-state index in [1.54, 1.807) is 18.2 Å². The van der Waals surface area contributed by atoms with Crippen LogP contribution in [0.25, 0.3) is 6.08 Å². The minimum atomic E-state index is -0.588. The molecular weight excluding hydrogens is 384 g/mol. The topological polar surface area (TPSA) is 109 Å². The Morgan fingerprint density at radius 3 is 2.87 bits per heavy atom. The van der Waals surface area contributed by atoms with Gasteiger partial charge in [-0.2, -0.15) is 5.26 Å². The number of carbonyl (C=O) groups is 2. The fraction of sp³-hybridized carbons (Fsp3) is 0.409. The lowest BCUT2D eigenvalue weighted by atomic mass is 10.1. The molecule has 8 nitrogen and oxygen atoms in total. The van der Waals surface area contributed by atoms with Crippen LogP contribution in [0, 0.1) is 25.2 Å². The minimum Gasteiger partial charge on any atom is -0.467 e. The first kappa shape index (κ1) is 21.4. The first-order chi connectivity index (χ1) is 14.5. The number of hydrogen-bond acceptors (Lipinski definition) is 5. The number of nitriles is 1. The average molecular weight is 410 g/mol. The van der Waals surface area contributed by atoms with Crippen molar-refractivity contribution in [2.24, 2.45) is 0 Å². The molecule has 2 N–H and O–H groups in total. The number of aromatic nitrogens is 1. The molecule has 0 aliphatic carbocycles. The minimum absolute atomic E-state index is 0.0498. The van der Waals surface area contributed by atoms with Crippen LogP contribution >= 0.6 is 0 Å². The Morgan fingerprint density at radius 2 is 2.20 bits per heavy atom. The number of amides is 2. The number of nitrogens with one attached hydrogen (secondary N) is 2. The van der Waals surface area contributed by atoms with Gasteiger partial charge in [-0.3, -0.25) is 9.59 Å². The second-order valence-corrected chi connectivity index (χ2v) is 7.28. The van der Waals surface area contributed by atoms with Gasteiger partial charge < -0.3 is 24.4 Å². The molecule has 0 bridgehead atoms. The number of carbonyl (C=O) groups excluding carboxylic acids is 2. The molecule has 158 valence electrons. The van der Waals surface area contributed by atoms with Gasteiger partial charge in [0.1, 0.15) is 17.4 Å². The Hall–Kier alpha value is -3.31. The predicted molar refractivity (Wildman–Crippen MR) is 110 cm³/mol. The third-order valence-corrected chi connectivity index (χ3v) is 5.14. The van der Waals surface area contributed by atoms with E-state index in [1.165, 1.54) is 6.26 Å². The largest absolute Gasteiger partial charge is 0.467 e. The van der Waals surface area contributed by atoms with Crippen molar-refractivity contribution in [3.63, 3.8) is 0 Å². The van der Waals surface area contributed by atoms with E-state index < -0.39 is 5.91 Å². The summed E-state index contributed by atoms with van der Waals surface area (Å²) in [7, 11) is 0. The number of ether oxygens (including phenoxy) is 1. The number of hydrogen-bond donors (Lipinski definition) is 2. The number of furan rings is 1. The van der Waals surface area contributed by atoms with Crippen LogP contribution in [0.4, 0.5) is 0 Å². The van der Waals surface area contributed by atoms with E-state index in [1.807, 2.05) is 26.0 Å². The molecule has 1 aliphatic heterocycles. The highest BCUT2D eigenvalue weighted by Gasteiger charge is 2.19. The zero-order chi connectivity index (χ0) is 21.5. The summed E-state index contributed by atoms with van der Waals surface area (Å²) in [4.78, 5) is 24.3. The van der Waals surface area contributed by atoms with Gasteiger partial charge in [-0.15, -0.1) is 0 Å². The maximum absolute atomic E-state index is 12.4. The zero-order valence-corrected chi connectivity index (χ0v) is 17.2. The van der Waals surface area contributed by atoms with Crippen molar-refractivity contribution in [2.45, 2.75) is 45.9 Å². The Kier molecular flexibility index (Phi) is 7.09. The smallest absolute Gasteiger partial charge is 0.262 e. The third kappa shape index (κ3) is 5.39. The molecule has 1 atom stereocenters. The molecule has 1 aliphatic rings. The standard InChI is InChI=1S/C22H26N4O4/c1-15-9-17(16(2)26(15)14-20-6-4-8-30-20)10-18(11-23)22(28)25-13-21(27)24-12-19-5-3-7-29-19/h3,5,7,9-10,20H,4,6,8,12-14H2,1-2H3,(H,24,27)(H,25,28)/b18-10+. The summed E-state index contributed by atoms with van der Waals surface area (Å²) in [6.45, 7) is 5.52. The maximum Gasteiger partial charge on any atom is 0.262 e. The summed E-state index contributed by atoms with van der Waals surface area (Å²) in [6, 6.07) is 7.34. The molecule has 1 fully saturated rings. The van der Waals surface area contributed by atoms with Crippen LogP contribution in [-0.4, -0.2) is 35.6 Å². The van der Waals surface area contributed by atoms with Crippen molar-refractivity contribution in [1.82, 2.24) is 15.2 Å². The van der Waals surface area contributed by atoms with Crippen LogP contribution < -0.4 is 10.6 Å². The third-order valence-electron chi connectivity index (χ3n) is 5.14. The van der Waals surface area contributed by atoms with E-state index in [9.17, 15) is 14.9 Å². The highest BCUT2D eigenvalue weighted by atomic mass is 16.5. The molecule has 0 spiro atoms. The molecule has 3 rings (SSSR count). The van der Waals surface area contributed by atoms with Crippen LogP contribution in [0.1, 0.15) is 35.6 Å². The Balaban J connectivity index is 1.59. The lowest BCUT2D eigenvalue weighted by Crippen LogP contribution is -2.37. The highest BCUT2D eigenvalue weighted by molar-refractivity contribution is 6.03. The van der Waals surface area contributed by atoms with Crippen molar-refractivity contribution in [2.75, 3.05) is 13.2 Å². The van der Waals surface area contributed by atoms with Crippen molar-refractivity contribution in [3.05, 3.63) is 52.7 Å². The van der Waals surface area contributed by atoms with E-state index in [2.05, 4.69) is 15.2 Å². The van der Waals surface area contributed by atoms with Crippen LogP contribution in [0.3, 0.4) is 0 Å². The fourth-order valence-electron chi connectivity index (χ4n) is 3.47. The summed E-state index contributed by atoms with van der Waals surface area (Å²) in [5.41, 5.74) is 2.77. The van der Waals surface area contributed by atoms with Gasteiger partial charge in [-0.1, -0.05) is 0 Å². The van der Waals surface area contributed by atoms with E-state index in [0.29, 0.717) is 5.76 Å². The summed E-state index contributed by atoms with van der Waals surface area (Å²) in [5.74, 6) is -0.341. The molecule has 1 saturated heterocycles.